The van der Waals surface area contributed by atoms with Gasteiger partial charge in [-0.05, 0) is 56.5 Å². The molecule has 0 radical (unpaired) electrons. The SMILES string of the molecule is CC[C@@H](C(=O)Nc1ccc(C)c(C)c1)n1nc(C)c2sc3ccccc3c2c1=O. The Morgan fingerprint density at radius 2 is 1.90 bits per heavy atom. The van der Waals surface area contributed by atoms with E-state index in [-0.39, 0.29) is 11.5 Å². The summed E-state index contributed by atoms with van der Waals surface area (Å²) in [6.45, 7) is 7.82. The van der Waals surface area contributed by atoms with Gasteiger partial charge in [-0.3, -0.25) is 9.59 Å². The van der Waals surface area contributed by atoms with Gasteiger partial charge in [0.15, 0.2) is 0 Å². The van der Waals surface area contributed by atoms with Crippen LogP contribution in [-0.4, -0.2) is 15.7 Å². The Hall–Kier alpha value is -2.99. The molecule has 0 saturated carbocycles. The third-order valence-corrected chi connectivity index (χ3v) is 6.64. The highest BCUT2D eigenvalue weighted by molar-refractivity contribution is 7.26. The Labute approximate surface area is 173 Å². The summed E-state index contributed by atoms with van der Waals surface area (Å²) in [7, 11) is 0. The number of nitrogens with one attached hydrogen (secondary N) is 1. The van der Waals surface area contributed by atoms with E-state index in [0.717, 1.165) is 31.7 Å². The van der Waals surface area contributed by atoms with E-state index in [9.17, 15) is 9.59 Å². The molecule has 1 N–H and O–H groups in total. The second kappa shape index (κ2) is 7.44. The molecule has 0 unspecified atom stereocenters. The monoisotopic (exact) mass is 405 g/mol. The molecule has 0 aliphatic carbocycles. The van der Waals surface area contributed by atoms with Gasteiger partial charge < -0.3 is 5.32 Å². The van der Waals surface area contributed by atoms with Crippen molar-refractivity contribution < 1.29 is 4.79 Å². The molecule has 2 heterocycles. The van der Waals surface area contributed by atoms with Gasteiger partial charge >= 0.3 is 0 Å². The molecule has 4 aromatic rings. The van der Waals surface area contributed by atoms with Crippen LogP contribution in [0.5, 0.6) is 0 Å². The predicted octanol–water partition coefficient (Wildman–Crippen LogP) is 5.13. The van der Waals surface area contributed by atoms with E-state index in [1.165, 1.54) is 10.2 Å². The molecule has 6 heteroatoms. The molecule has 0 aliphatic heterocycles. The zero-order chi connectivity index (χ0) is 20.7. The minimum Gasteiger partial charge on any atom is -0.324 e. The van der Waals surface area contributed by atoms with Crippen molar-refractivity contribution in [2.45, 2.75) is 40.2 Å². The highest BCUT2D eigenvalue weighted by Crippen LogP contribution is 2.33. The topological polar surface area (TPSA) is 64.0 Å². The molecule has 29 heavy (non-hydrogen) atoms. The molecule has 2 aromatic carbocycles. The first-order chi connectivity index (χ1) is 13.9. The maximum absolute atomic E-state index is 13.3. The summed E-state index contributed by atoms with van der Waals surface area (Å²) in [6.07, 6.45) is 0.469. The first-order valence-electron chi connectivity index (χ1n) is 9.69. The molecule has 0 fully saturated rings. The Kier molecular flexibility index (Phi) is 4.96. The van der Waals surface area contributed by atoms with Crippen molar-refractivity contribution in [2.75, 3.05) is 5.32 Å². The summed E-state index contributed by atoms with van der Waals surface area (Å²) in [5, 5.41) is 9.03. The number of carbonyl (C=O) groups is 1. The van der Waals surface area contributed by atoms with Gasteiger partial charge in [0.2, 0.25) is 5.91 Å². The molecule has 1 amide bonds. The lowest BCUT2D eigenvalue weighted by atomic mass is 10.1. The Morgan fingerprint density at radius 3 is 2.62 bits per heavy atom. The van der Waals surface area contributed by atoms with E-state index < -0.39 is 6.04 Å². The van der Waals surface area contributed by atoms with Crippen LogP contribution in [0.4, 0.5) is 5.69 Å². The van der Waals surface area contributed by atoms with Gasteiger partial charge in [0.1, 0.15) is 6.04 Å². The molecule has 4 rings (SSSR count). The molecule has 1 atom stereocenters. The van der Waals surface area contributed by atoms with E-state index >= 15 is 0 Å². The van der Waals surface area contributed by atoms with Crippen molar-refractivity contribution in [1.29, 1.82) is 0 Å². The third kappa shape index (κ3) is 3.34. The Bertz CT molecular complexity index is 1300. The standard InChI is InChI=1S/C23H23N3O2S/c1-5-18(22(27)24-16-11-10-13(2)14(3)12-16)26-23(28)20-17-8-6-7-9-19(17)29-21(20)15(4)25-26/h6-12,18H,5H2,1-4H3,(H,24,27)/t18-/m0/s1. The number of rotatable bonds is 4. The van der Waals surface area contributed by atoms with Gasteiger partial charge in [-0.25, -0.2) is 4.68 Å². The van der Waals surface area contributed by atoms with Crippen molar-refractivity contribution >= 4 is 43.1 Å². The molecule has 0 spiro atoms. The fourth-order valence-electron chi connectivity index (χ4n) is 3.60. The zero-order valence-electron chi connectivity index (χ0n) is 16.9. The van der Waals surface area contributed by atoms with Crippen LogP contribution in [0.25, 0.3) is 20.2 Å². The highest BCUT2D eigenvalue weighted by Gasteiger charge is 2.24. The van der Waals surface area contributed by atoms with Gasteiger partial charge in [0.05, 0.1) is 15.8 Å². The van der Waals surface area contributed by atoms with Crippen molar-refractivity contribution in [3.05, 3.63) is 69.6 Å². The van der Waals surface area contributed by atoms with E-state index in [2.05, 4.69) is 10.4 Å². The number of aryl methyl sites for hydroxylation is 3. The largest absolute Gasteiger partial charge is 0.324 e. The average Bonchev–Trinajstić information content (AvgIpc) is 3.09. The van der Waals surface area contributed by atoms with E-state index in [1.807, 2.05) is 70.2 Å². The summed E-state index contributed by atoms with van der Waals surface area (Å²) >= 11 is 1.57. The molecule has 2 aromatic heterocycles. The molecule has 0 bridgehead atoms. The van der Waals surface area contributed by atoms with Crippen LogP contribution < -0.4 is 10.9 Å². The van der Waals surface area contributed by atoms with Crippen molar-refractivity contribution in [1.82, 2.24) is 9.78 Å². The van der Waals surface area contributed by atoms with Crippen LogP contribution in [0, 0.1) is 20.8 Å². The molecule has 0 saturated heterocycles. The van der Waals surface area contributed by atoms with Gasteiger partial charge in [-0.2, -0.15) is 5.10 Å². The van der Waals surface area contributed by atoms with Crippen LogP contribution in [-0.2, 0) is 4.79 Å². The lowest BCUT2D eigenvalue weighted by Gasteiger charge is -2.18. The fraction of sp³-hybridized carbons (Fsp3) is 0.261. The number of benzene rings is 2. The number of fused-ring (bicyclic) bond motifs is 3. The van der Waals surface area contributed by atoms with Gasteiger partial charge in [-0.1, -0.05) is 31.2 Å². The first-order valence-corrected chi connectivity index (χ1v) is 10.5. The summed E-state index contributed by atoms with van der Waals surface area (Å²) in [5.41, 5.74) is 3.54. The second-order valence-electron chi connectivity index (χ2n) is 7.35. The first kappa shape index (κ1) is 19.3. The maximum Gasteiger partial charge on any atom is 0.276 e. The van der Waals surface area contributed by atoms with Crippen LogP contribution in [0.15, 0.2) is 47.3 Å². The molecule has 148 valence electrons. The van der Waals surface area contributed by atoms with Crippen LogP contribution >= 0.6 is 11.3 Å². The lowest BCUT2D eigenvalue weighted by molar-refractivity contribution is -0.119. The van der Waals surface area contributed by atoms with E-state index in [4.69, 9.17) is 0 Å². The van der Waals surface area contributed by atoms with E-state index in [0.29, 0.717) is 11.8 Å². The number of hydrogen-bond donors (Lipinski definition) is 1. The number of carbonyl (C=O) groups excluding carboxylic acids is 1. The van der Waals surface area contributed by atoms with Crippen molar-refractivity contribution in [2.24, 2.45) is 0 Å². The summed E-state index contributed by atoms with van der Waals surface area (Å²) in [5.74, 6) is -0.233. The molecule has 0 aliphatic rings. The number of amides is 1. The number of anilines is 1. The summed E-state index contributed by atoms with van der Waals surface area (Å²) in [6, 6.07) is 13.0. The van der Waals surface area contributed by atoms with Crippen LogP contribution in [0.1, 0.15) is 36.2 Å². The third-order valence-electron chi connectivity index (χ3n) is 5.36. The molecular formula is C23H23N3O2S. The van der Waals surface area contributed by atoms with Gasteiger partial charge in [-0.15, -0.1) is 11.3 Å². The highest BCUT2D eigenvalue weighted by atomic mass is 32.1. The predicted molar refractivity (Wildman–Crippen MR) is 120 cm³/mol. The Morgan fingerprint density at radius 1 is 1.14 bits per heavy atom. The number of thiophene rings is 1. The molecular weight excluding hydrogens is 382 g/mol. The minimum absolute atomic E-state index is 0.217. The number of nitrogens with zero attached hydrogens (tertiary/aromatic N) is 2. The normalized spacial score (nSPS) is 12.4. The van der Waals surface area contributed by atoms with Crippen LogP contribution in [0.2, 0.25) is 0 Å². The molecule has 5 nitrogen and oxygen atoms in total. The summed E-state index contributed by atoms with van der Waals surface area (Å²) < 4.78 is 3.29. The number of aromatic nitrogens is 2. The lowest BCUT2D eigenvalue weighted by Crippen LogP contribution is -2.35. The van der Waals surface area contributed by atoms with Crippen LogP contribution in [0.3, 0.4) is 0 Å². The quantitative estimate of drug-likeness (QED) is 0.512. The van der Waals surface area contributed by atoms with Gasteiger partial charge in [0, 0.05) is 15.8 Å². The summed E-state index contributed by atoms with van der Waals surface area (Å²) in [4.78, 5) is 26.4. The minimum atomic E-state index is -0.675. The maximum atomic E-state index is 13.3. The smallest absolute Gasteiger partial charge is 0.276 e. The van der Waals surface area contributed by atoms with Gasteiger partial charge in [0.25, 0.3) is 5.56 Å². The fourth-order valence-corrected chi connectivity index (χ4v) is 4.74. The Balaban J connectivity index is 1.79. The van der Waals surface area contributed by atoms with Crippen molar-refractivity contribution in [3.8, 4) is 0 Å². The average molecular weight is 406 g/mol. The second-order valence-corrected chi connectivity index (χ2v) is 8.40. The zero-order valence-corrected chi connectivity index (χ0v) is 17.8. The van der Waals surface area contributed by atoms with E-state index in [1.54, 1.807) is 11.3 Å². The van der Waals surface area contributed by atoms with Crippen molar-refractivity contribution in [3.63, 3.8) is 0 Å². The number of hydrogen-bond acceptors (Lipinski definition) is 4.